The molecule has 17 heavy (non-hydrogen) atoms. The van der Waals surface area contributed by atoms with Gasteiger partial charge in [-0.3, -0.25) is 0 Å². The van der Waals surface area contributed by atoms with Crippen LogP contribution in [-0.2, 0) is 4.74 Å². The maximum Gasteiger partial charge on any atom is 0.0655 e. The van der Waals surface area contributed by atoms with Crippen molar-refractivity contribution < 1.29 is 4.74 Å². The van der Waals surface area contributed by atoms with Gasteiger partial charge in [0.2, 0.25) is 0 Å². The van der Waals surface area contributed by atoms with Crippen LogP contribution in [0.1, 0.15) is 40.5 Å². The first-order valence-electron chi connectivity index (χ1n) is 7.03. The molecule has 1 saturated carbocycles. The number of ether oxygens (including phenoxy) is 1. The van der Waals surface area contributed by atoms with Crippen molar-refractivity contribution in [2.75, 3.05) is 20.2 Å². The largest absolute Gasteiger partial charge is 0.378 e. The van der Waals surface area contributed by atoms with E-state index >= 15 is 0 Å². The Morgan fingerprint density at radius 2 is 2.06 bits per heavy atom. The summed E-state index contributed by atoms with van der Waals surface area (Å²) in [4.78, 5) is 2.45. The van der Waals surface area contributed by atoms with Gasteiger partial charge < -0.3 is 15.0 Å². The minimum atomic E-state index is 0.292. The fourth-order valence-electron chi connectivity index (χ4n) is 3.25. The summed E-state index contributed by atoms with van der Waals surface area (Å²) >= 11 is 0. The highest BCUT2D eigenvalue weighted by atomic mass is 16.5. The molecule has 1 aliphatic heterocycles. The second-order valence-corrected chi connectivity index (χ2v) is 6.44. The maximum atomic E-state index is 5.78. The lowest BCUT2D eigenvalue weighted by atomic mass is 9.64. The molecule has 3 nitrogen and oxygen atoms in total. The Hall–Kier alpha value is -0.120. The third-order valence-electron chi connectivity index (χ3n) is 4.87. The Kier molecular flexibility index (Phi) is 3.81. The van der Waals surface area contributed by atoms with E-state index in [0.29, 0.717) is 23.6 Å². The molecule has 0 aromatic carbocycles. The van der Waals surface area contributed by atoms with Crippen LogP contribution in [-0.4, -0.2) is 49.3 Å². The molecule has 1 aliphatic carbocycles. The van der Waals surface area contributed by atoms with Gasteiger partial charge in [0.15, 0.2) is 0 Å². The number of likely N-dealkylation sites (N-methyl/N-ethyl adjacent to an activating group) is 1. The summed E-state index contributed by atoms with van der Waals surface area (Å²) in [6.45, 7) is 11.1. The third kappa shape index (κ3) is 2.51. The van der Waals surface area contributed by atoms with Crippen LogP contribution in [0.2, 0.25) is 0 Å². The first-order valence-corrected chi connectivity index (χ1v) is 7.03. The van der Waals surface area contributed by atoms with Crippen LogP contribution in [0.15, 0.2) is 0 Å². The summed E-state index contributed by atoms with van der Waals surface area (Å²) in [6.07, 6.45) is 2.90. The van der Waals surface area contributed by atoms with Crippen molar-refractivity contribution in [1.29, 1.82) is 0 Å². The Labute approximate surface area is 106 Å². The summed E-state index contributed by atoms with van der Waals surface area (Å²) in [5, 5.41) is 3.83. The topological polar surface area (TPSA) is 24.5 Å². The van der Waals surface area contributed by atoms with Crippen molar-refractivity contribution in [3.05, 3.63) is 0 Å². The highest BCUT2D eigenvalue weighted by Gasteiger charge is 2.49. The van der Waals surface area contributed by atoms with Gasteiger partial charge in [-0.05, 0) is 33.7 Å². The van der Waals surface area contributed by atoms with E-state index in [0.717, 1.165) is 12.6 Å². The maximum absolute atomic E-state index is 5.78. The SMILES string of the molecule is CCOC1CC(NC2CC(C)N(C)C2)C1(C)C. The first-order chi connectivity index (χ1) is 7.95. The van der Waals surface area contributed by atoms with Gasteiger partial charge in [0, 0.05) is 36.7 Å². The van der Waals surface area contributed by atoms with Crippen LogP contribution in [0.3, 0.4) is 0 Å². The van der Waals surface area contributed by atoms with E-state index in [4.69, 9.17) is 4.74 Å². The average Bonchev–Trinajstić information content (AvgIpc) is 2.57. The fourth-order valence-corrected chi connectivity index (χ4v) is 3.25. The van der Waals surface area contributed by atoms with Crippen LogP contribution in [0, 0.1) is 5.41 Å². The number of nitrogens with zero attached hydrogens (tertiary/aromatic N) is 1. The zero-order valence-electron chi connectivity index (χ0n) is 12.0. The van der Waals surface area contributed by atoms with Gasteiger partial charge >= 0.3 is 0 Å². The summed E-state index contributed by atoms with van der Waals surface area (Å²) in [5.74, 6) is 0. The zero-order valence-corrected chi connectivity index (χ0v) is 12.0. The Balaban J connectivity index is 1.82. The standard InChI is InChI=1S/C14H28N2O/c1-6-17-13-8-12(14(13,3)4)15-11-7-10(2)16(5)9-11/h10-13,15H,6-9H2,1-5H3. The van der Waals surface area contributed by atoms with Crippen LogP contribution in [0.25, 0.3) is 0 Å². The van der Waals surface area contributed by atoms with Gasteiger partial charge in [-0.15, -0.1) is 0 Å². The van der Waals surface area contributed by atoms with E-state index in [1.807, 2.05) is 0 Å². The van der Waals surface area contributed by atoms with Crippen LogP contribution in [0.5, 0.6) is 0 Å². The average molecular weight is 240 g/mol. The fraction of sp³-hybridized carbons (Fsp3) is 1.00. The molecule has 3 heteroatoms. The highest BCUT2D eigenvalue weighted by Crippen LogP contribution is 2.43. The molecular formula is C14H28N2O. The summed E-state index contributed by atoms with van der Waals surface area (Å²) in [6, 6.07) is 2.02. The third-order valence-corrected chi connectivity index (χ3v) is 4.87. The van der Waals surface area contributed by atoms with E-state index in [1.54, 1.807) is 0 Å². The summed E-state index contributed by atoms with van der Waals surface area (Å²) < 4.78 is 5.78. The van der Waals surface area contributed by atoms with Crippen molar-refractivity contribution in [1.82, 2.24) is 10.2 Å². The van der Waals surface area contributed by atoms with Gasteiger partial charge in [0.1, 0.15) is 0 Å². The van der Waals surface area contributed by atoms with Crippen molar-refractivity contribution in [2.45, 2.75) is 64.8 Å². The van der Waals surface area contributed by atoms with Gasteiger partial charge in [0.25, 0.3) is 0 Å². The van der Waals surface area contributed by atoms with Crippen LogP contribution in [0.4, 0.5) is 0 Å². The molecule has 100 valence electrons. The molecule has 1 N–H and O–H groups in total. The highest BCUT2D eigenvalue weighted by molar-refractivity contribution is 5.04. The lowest BCUT2D eigenvalue weighted by Gasteiger charge is -2.52. The normalized spacial score (nSPS) is 41.5. The number of nitrogens with one attached hydrogen (secondary N) is 1. The van der Waals surface area contributed by atoms with Crippen LogP contribution >= 0.6 is 0 Å². The van der Waals surface area contributed by atoms with Crippen molar-refractivity contribution >= 4 is 0 Å². The van der Waals surface area contributed by atoms with E-state index in [-0.39, 0.29) is 0 Å². The monoisotopic (exact) mass is 240 g/mol. The van der Waals surface area contributed by atoms with Crippen molar-refractivity contribution in [3.8, 4) is 0 Å². The smallest absolute Gasteiger partial charge is 0.0655 e. The number of hydrogen-bond donors (Lipinski definition) is 1. The van der Waals surface area contributed by atoms with Crippen molar-refractivity contribution in [3.63, 3.8) is 0 Å². The Bertz CT molecular complexity index is 257. The molecule has 1 saturated heterocycles. The molecule has 0 spiro atoms. The minimum Gasteiger partial charge on any atom is -0.378 e. The molecule has 0 aromatic heterocycles. The lowest BCUT2D eigenvalue weighted by molar-refractivity contribution is -0.116. The van der Waals surface area contributed by atoms with Gasteiger partial charge in [0.05, 0.1) is 6.10 Å². The van der Waals surface area contributed by atoms with E-state index in [2.05, 4.69) is 45.0 Å². The predicted molar refractivity (Wildman–Crippen MR) is 71.2 cm³/mol. The molecule has 4 atom stereocenters. The van der Waals surface area contributed by atoms with Gasteiger partial charge in [-0.2, -0.15) is 0 Å². The van der Waals surface area contributed by atoms with E-state index in [1.165, 1.54) is 19.4 Å². The molecule has 1 heterocycles. The number of likely N-dealkylation sites (tertiary alicyclic amines) is 1. The number of hydrogen-bond acceptors (Lipinski definition) is 3. The summed E-state index contributed by atoms with van der Waals surface area (Å²) in [5.41, 5.74) is 0.292. The lowest BCUT2D eigenvalue weighted by Crippen LogP contribution is -2.63. The molecule has 2 rings (SSSR count). The molecule has 0 aromatic rings. The van der Waals surface area contributed by atoms with Gasteiger partial charge in [-0.1, -0.05) is 13.8 Å². The Morgan fingerprint density at radius 3 is 2.53 bits per heavy atom. The molecule has 4 unspecified atom stereocenters. The van der Waals surface area contributed by atoms with E-state index < -0.39 is 0 Å². The second kappa shape index (κ2) is 4.87. The first kappa shape index (κ1) is 13.3. The molecule has 2 aliphatic rings. The molecule has 0 bridgehead atoms. The molecular weight excluding hydrogens is 212 g/mol. The quantitative estimate of drug-likeness (QED) is 0.812. The second-order valence-electron chi connectivity index (χ2n) is 6.44. The molecule has 2 fully saturated rings. The van der Waals surface area contributed by atoms with E-state index in [9.17, 15) is 0 Å². The Morgan fingerprint density at radius 1 is 1.35 bits per heavy atom. The zero-order chi connectivity index (χ0) is 12.6. The van der Waals surface area contributed by atoms with Gasteiger partial charge in [-0.25, -0.2) is 0 Å². The number of rotatable bonds is 4. The summed E-state index contributed by atoms with van der Waals surface area (Å²) in [7, 11) is 2.22. The van der Waals surface area contributed by atoms with Crippen molar-refractivity contribution in [2.24, 2.45) is 5.41 Å². The predicted octanol–water partition coefficient (Wildman–Crippen LogP) is 1.87. The minimum absolute atomic E-state index is 0.292. The molecule has 0 amide bonds. The molecule has 0 radical (unpaired) electrons. The van der Waals surface area contributed by atoms with Crippen LogP contribution < -0.4 is 5.32 Å².